The van der Waals surface area contributed by atoms with E-state index in [1.54, 1.807) is 6.07 Å². The molecule has 1 fully saturated rings. The van der Waals surface area contributed by atoms with E-state index in [-0.39, 0.29) is 13.2 Å². The molecule has 0 heterocycles. The van der Waals surface area contributed by atoms with Gasteiger partial charge in [-0.05, 0) is 18.9 Å². The van der Waals surface area contributed by atoms with Crippen LogP contribution in [0.4, 0.5) is 13.2 Å². The average Bonchev–Trinajstić information content (AvgIpc) is 3.21. The minimum Gasteiger partial charge on any atom is -0.489 e. The zero-order chi connectivity index (χ0) is 15.3. The molecule has 0 radical (unpaired) electrons. The molecule has 0 saturated heterocycles. The summed E-state index contributed by atoms with van der Waals surface area (Å²) in [5.74, 6) is 0.503. The van der Waals surface area contributed by atoms with E-state index in [1.807, 2.05) is 12.1 Å². The highest BCUT2D eigenvalue weighted by Crippen LogP contribution is 2.29. The Labute approximate surface area is 126 Å². The van der Waals surface area contributed by atoms with Gasteiger partial charge in [-0.15, -0.1) is 0 Å². The third kappa shape index (κ3) is 6.11. The van der Waals surface area contributed by atoms with Gasteiger partial charge in [0, 0.05) is 18.2 Å². The predicted octanol–water partition coefficient (Wildman–Crippen LogP) is 3.55. The second-order valence-electron chi connectivity index (χ2n) is 4.90. The molecule has 1 aromatic carbocycles. The molecule has 0 spiro atoms. The van der Waals surface area contributed by atoms with Crippen LogP contribution in [0.25, 0.3) is 0 Å². The van der Waals surface area contributed by atoms with Crippen molar-refractivity contribution in [3.63, 3.8) is 0 Å². The van der Waals surface area contributed by atoms with Crippen LogP contribution in [0.3, 0.4) is 0 Å². The highest BCUT2D eigenvalue weighted by molar-refractivity contribution is 6.32. The molecule has 0 aromatic heterocycles. The number of hydrogen-bond acceptors (Lipinski definition) is 3. The van der Waals surface area contributed by atoms with Crippen LogP contribution in [0.15, 0.2) is 18.2 Å². The molecule has 3 nitrogen and oxygen atoms in total. The number of nitrogens with one attached hydrogen (secondary N) is 1. The van der Waals surface area contributed by atoms with Crippen molar-refractivity contribution in [1.29, 1.82) is 0 Å². The first-order valence-electron chi connectivity index (χ1n) is 6.74. The van der Waals surface area contributed by atoms with Gasteiger partial charge in [0.2, 0.25) is 0 Å². The molecule has 2 rings (SSSR count). The summed E-state index contributed by atoms with van der Waals surface area (Å²) < 4.78 is 45.7. The number of ether oxygens (including phenoxy) is 2. The molecule has 1 saturated carbocycles. The normalized spacial score (nSPS) is 15.2. The van der Waals surface area contributed by atoms with Gasteiger partial charge in [0.25, 0.3) is 0 Å². The summed E-state index contributed by atoms with van der Waals surface area (Å²) in [6.07, 6.45) is -1.98. The molecule has 1 N–H and O–H groups in total. The lowest BCUT2D eigenvalue weighted by Gasteiger charge is -2.14. The fourth-order valence-electron chi connectivity index (χ4n) is 1.79. The second kappa shape index (κ2) is 7.33. The van der Waals surface area contributed by atoms with Crippen LogP contribution in [0, 0.1) is 0 Å². The predicted molar refractivity (Wildman–Crippen MR) is 73.7 cm³/mol. The van der Waals surface area contributed by atoms with E-state index < -0.39 is 12.8 Å². The van der Waals surface area contributed by atoms with Gasteiger partial charge in [-0.3, -0.25) is 0 Å². The van der Waals surface area contributed by atoms with Gasteiger partial charge in [0.05, 0.1) is 11.6 Å². The molecule has 1 aromatic rings. The van der Waals surface area contributed by atoms with Crippen molar-refractivity contribution >= 4 is 11.6 Å². The molecule has 0 atom stereocenters. The standard InChI is InChI=1S/C14H17ClF3NO2/c15-12-3-1-2-10(8-19-11-4-5-11)13(12)21-7-6-20-9-14(16,17)18/h1-3,11,19H,4-9H2. The molecule has 0 bridgehead atoms. The number of benzene rings is 1. The molecule has 1 aliphatic carbocycles. The fourth-order valence-corrected chi connectivity index (χ4v) is 2.04. The summed E-state index contributed by atoms with van der Waals surface area (Å²) >= 11 is 6.07. The van der Waals surface area contributed by atoms with E-state index >= 15 is 0 Å². The molecule has 0 unspecified atom stereocenters. The average molecular weight is 324 g/mol. The Morgan fingerprint density at radius 2 is 2.00 bits per heavy atom. The number of halogens is 4. The van der Waals surface area contributed by atoms with Crippen molar-refractivity contribution in [2.75, 3.05) is 19.8 Å². The molecule has 7 heteroatoms. The number of alkyl halides is 3. The maximum Gasteiger partial charge on any atom is 0.411 e. The zero-order valence-corrected chi connectivity index (χ0v) is 12.1. The Kier molecular flexibility index (Phi) is 5.72. The third-order valence-electron chi connectivity index (χ3n) is 2.95. The van der Waals surface area contributed by atoms with Crippen molar-refractivity contribution in [3.05, 3.63) is 28.8 Å². The summed E-state index contributed by atoms with van der Waals surface area (Å²) in [5, 5.41) is 3.79. The summed E-state index contributed by atoms with van der Waals surface area (Å²) in [5.41, 5.74) is 0.894. The van der Waals surface area contributed by atoms with Crippen LogP contribution in [-0.4, -0.2) is 32.0 Å². The van der Waals surface area contributed by atoms with Crippen LogP contribution in [0.1, 0.15) is 18.4 Å². The van der Waals surface area contributed by atoms with Crippen LogP contribution >= 0.6 is 11.6 Å². The van der Waals surface area contributed by atoms with Crippen molar-refractivity contribution in [1.82, 2.24) is 5.32 Å². The topological polar surface area (TPSA) is 30.5 Å². The zero-order valence-electron chi connectivity index (χ0n) is 11.4. The smallest absolute Gasteiger partial charge is 0.411 e. The molecule has 0 amide bonds. The molecular formula is C14H17ClF3NO2. The van der Waals surface area contributed by atoms with E-state index in [4.69, 9.17) is 16.3 Å². The first kappa shape index (κ1) is 16.4. The highest BCUT2D eigenvalue weighted by Gasteiger charge is 2.27. The van der Waals surface area contributed by atoms with E-state index in [0.717, 1.165) is 5.56 Å². The minimum atomic E-state index is -4.32. The summed E-state index contributed by atoms with van der Waals surface area (Å²) in [6.45, 7) is -0.755. The van der Waals surface area contributed by atoms with E-state index in [9.17, 15) is 13.2 Å². The summed E-state index contributed by atoms with van der Waals surface area (Å²) in [7, 11) is 0. The molecular weight excluding hydrogens is 307 g/mol. The van der Waals surface area contributed by atoms with Gasteiger partial charge in [-0.2, -0.15) is 13.2 Å². The van der Waals surface area contributed by atoms with Gasteiger partial charge in [0.1, 0.15) is 19.0 Å². The number of para-hydroxylation sites is 1. The van der Waals surface area contributed by atoms with Gasteiger partial charge in [-0.25, -0.2) is 0 Å². The monoisotopic (exact) mass is 323 g/mol. The lowest BCUT2D eigenvalue weighted by atomic mass is 10.2. The molecule has 118 valence electrons. The molecule has 1 aliphatic rings. The largest absolute Gasteiger partial charge is 0.489 e. The second-order valence-corrected chi connectivity index (χ2v) is 5.31. The Bertz CT molecular complexity index is 464. The van der Waals surface area contributed by atoms with Gasteiger partial charge in [-0.1, -0.05) is 23.7 Å². The number of hydrogen-bond donors (Lipinski definition) is 1. The maximum atomic E-state index is 11.9. The van der Waals surface area contributed by atoms with Gasteiger partial charge in [0.15, 0.2) is 0 Å². The molecule has 0 aliphatic heterocycles. The van der Waals surface area contributed by atoms with Gasteiger partial charge >= 0.3 is 6.18 Å². The Hall–Kier alpha value is -0.980. The fraction of sp³-hybridized carbons (Fsp3) is 0.571. The lowest BCUT2D eigenvalue weighted by molar-refractivity contribution is -0.175. The SMILES string of the molecule is FC(F)(F)COCCOc1c(Cl)cccc1CNC1CC1. The quantitative estimate of drug-likeness (QED) is 0.742. The first-order valence-corrected chi connectivity index (χ1v) is 7.11. The van der Waals surface area contributed by atoms with Crippen molar-refractivity contribution in [3.8, 4) is 5.75 Å². The van der Waals surface area contributed by atoms with Crippen molar-refractivity contribution in [2.45, 2.75) is 31.6 Å². The van der Waals surface area contributed by atoms with Crippen LogP contribution < -0.4 is 10.1 Å². The van der Waals surface area contributed by atoms with Crippen LogP contribution in [0.2, 0.25) is 5.02 Å². The van der Waals surface area contributed by atoms with E-state index in [0.29, 0.717) is 23.4 Å². The summed E-state index contributed by atoms with van der Waals surface area (Å²) in [6, 6.07) is 5.94. The molecule has 21 heavy (non-hydrogen) atoms. The Morgan fingerprint density at radius 3 is 2.67 bits per heavy atom. The third-order valence-corrected chi connectivity index (χ3v) is 3.24. The van der Waals surface area contributed by atoms with E-state index in [2.05, 4.69) is 10.1 Å². The van der Waals surface area contributed by atoms with Crippen LogP contribution in [-0.2, 0) is 11.3 Å². The Morgan fingerprint density at radius 1 is 1.24 bits per heavy atom. The van der Waals surface area contributed by atoms with Crippen molar-refractivity contribution in [2.24, 2.45) is 0 Å². The first-order chi connectivity index (χ1) is 9.96. The van der Waals surface area contributed by atoms with E-state index in [1.165, 1.54) is 12.8 Å². The summed E-state index contributed by atoms with van der Waals surface area (Å²) in [4.78, 5) is 0. The lowest BCUT2D eigenvalue weighted by Crippen LogP contribution is -2.20. The maximum absolute atomic E-state index is 11.9. The minimum absolute atomic E-state index is 0.0240. The van der Waals surface area contributed by atoms with Crippen LogP contribution in [0.5, 0.6) is 5.75 Å². The van der Waals surface area contributed by atoms with Gasteiger partial charge < -0.3 is 14.8 Å². The van der Waals surface area contributed by atoms with Crippen molar-refractivity contribution < 1.29 is 22.6 Å². The highest BCUT2D eigenvalue weighted by atomic mass is 35.5. The number of rotatable bonds is 8. The Balaban J connectivity index is 1.80.